The number of nitrogens with one attached hydrogen (secondary N) is 1. The van der Waals surface area contributed by atoms with Crippen LogP contribution in [0.4, 0.5) is 15.8 Å². The maximum absolute atomic E-state index is 13.2. The van der Waals surface area contributed by atoms with Gasteiger partial charge >= 0.3 is 5.69 Å². The molecule has 0 radical (unpaired) electrons. The molecule has 1 aromatic carbocycles. The highest BCUT2D eigenvalue weighted by molar-refractivity contribution is 5.64. The molecule has 2 aromatic rings. The summed E-state index contributed by atoms with van der Waals surface area (Å²) in [5.41, 5.74) is 1.54. The number of hydrogen-bond donors (Lipinski definition) is 2. The van der Waals surface area contributed by atoms with Gasteiger partial charge in [-0.1, -0.05) is 18.6 Å². The lowest BCUT2D eigenvalue weighted by Crippen LogP contribution is -2.39. The van der Waals surface area contributed by atoms with E-state index in [2.05, 4.69) is 10.3 Å². The van der Waals surface area contributed by atoms with Crippen LogP contribution in [-0.4, -0.2) is 27.7 Å². The smallest absolute Gasteiger partial charge is 0.310 e. The van der Waals surface area contributed by atoms with Gasteiger partial charge in [0.1, 0.15) is 17.7 Å². The van der Waals surface area contributed by atoms with Crippen molar-refractivity contribution in [2.24, 2.45) is 5.41 Å². The van der Waals surface area contributed by atoms with E-state index in [9.17, 15) is 19.6 Å². The fourth-order valence-corrected chi connectivity index (χ4v) is 3.79. The summed E-state index contributed by atoms with van der Waals surface area (Å²) in [5.74, 6) is -0.295. The van der Waals surface area contributed by atoms with Crippen molar-refractivity contribution in [3.05, 3.63) is 63.7 Å². The van der Waals surface area contributed by atoms with Crippen LogP contribution in [0.1, 0.15) is 30.4 Å². The molecule has 0 amide bonds. The third-order valence-electron chi connectivity index (χ3n) is 5.26. The predicted molar refractivity (Wildman–Crippen MR) is 96.5 cm³/mol. The highest BCUT2D eigenvalue weighted by atomic mass is 19.1. The molecule has 26 heavy (non-hydrogen) atoms. The lowest BCUT2D eigenvalue weighted by Gasteiger charge is -2.33. The van der Waals surface area contributed by atoms with E-state index in [0.29, 0.717) is 30.6 Å². The van der Waals surface area contributed by atoms with Crippen LogP contribution < -0.4 is 5.32 Å². The Hall–Kier alpha value is -2.54. The van der Waals surface area contributed by atoms with Gasteiger partial charge in [-0.25, -0.2) is 4.39 Å². The van der Waals surface area contributed by atoms with Gasteiger partial charge in [0.25, 0.3) is 0 Å². The second kappa shape index (κ2) is 7.37. The van der Waals surface area contributed by atoms with E-state index in [1.807, 2.05) is 0 Å². The van der Waals surface area contributed by atoms with Crippen LogP contribution in [0.25, 0.3) is 0 Å². The van der Waals surface area contributed by atoms with Crippen molar-refractivity contribution < 1.29 is 14.4 Å². The number of pyridine rings is 1. The number of aliphatic hydroxyl groups is 1. The van der Waals surface area contributed by atoms with Gasteiger partial charge in [0.15, 0.2) is 0 Å². The number of aromatic nitrogens is 1. The summed E-state index contributed by atoms with van der Waals surface area (Å²) in [4.78, 5) is 14.7. The molecule has 138 valence electrons. The molecule has 0 spiro atoms. The van der Waals surface area contributed by atoms with Gasteiger partial charge in [-0.3, -0.25) is 15.1 Å². The Morgan fingerprint density at radius 2 is 2.12 bits per heavy atom. The first kappa shape index (κ1) is 18.3. The summed E-state index contributed by atoms with van der Waals surface area (Å²) >= 11 is 0. The molecule has 1 aliphatic rings. The molecule has 0 aliphatic heterocycles. The van der Waals surface area contributed by atoms with E-state index in [4.69, 9.17) is 0 Å². The first-order valence-electron chi connectivity index (χ1n) is 8.67. The van der Waals surface area contributed by atoms with Crippen molar-refractivity contribution in [3.8, 4) is 0 Å². The number of aliphatic hydroxyl groups excluding tert-OH is 1. The SMILES string of the molecule is Cc1cncc([N+](=O)[O-])c1NCC1(Cc2ccc(F)cc2)CCCC1O. The molecule has 2 unspecified atom stereocenters. The molecule has 6 nitrogen and oxygen atoms in total. The molecule has 0 bridgehead atoms. The molecule has 1 heterocycles. The third-order valence-corrected chi connectivity index (χ3v) is 5.26. The molecular weight excluding hydrogens is 337 g/mol. The van der Waals surface area contributed by atoms with Crippen molar-refractivity contribution in [1.29, 1.82) is 0 Å². The fourth-order valence-electron chi connectivity index (χ4n) is 3.79. The molecule has 2 atom stereocenters. The first-order chi connectivity index (χ1) is 12.4. The Balaban J connectivity index is 1.84. The molecule has 1 aliphatic carbocycles. The summed E-state index contributed by atoms with van der Waals surface area (Å²) in [7, 11) is 0. The molecule has 1 aromatic heterocycles. The van der Waals surface area contributed by atoms with Crippen molar-refractivity contribution in [2.45, 2.75) is 38.7 Å². The average molecular weight is 359 g/mol. The van der Waals surface area contributed by atoms with E-state index in [0.717, 1.165) is 18.4 Å². The summed E-state index contributed by atoms with van der Waals surface area (Å²) in [6.45, 7) is 2.16. The van der Waals surface area contributed by atoms with Crippen molar-refractivity contribution in [1.82, 2.24) is 4.98 Å². The lowest BCUT2D eigenvalue weighted by molar-refractivity contribution is -0.384. The normalized spacial score (nSPS) is 22.3. The standard InChI is InChI=1S/C19H22FN3O3/c1-13-10-21-11-16(23(25)26)18(13)22-12-19(8-2-3-17(19)24)9-14-4-6-15(20)7-5-14/h4-7,10-11,17,24H,2-3,8-9,12H2,1H3,(H,21,22). The van der Waals surface area contributed by atoms with E-state index >= 15 is 0 Å². The van der Waals surface area contributed by atoms with Crippen LogP contribution in [0.2, 0.25) is 0 Å². The highest BCUT2D eigenvalue weighted by Crippen LogP contribution is 2.42. The van der Waals surface area contributed by atoms with E-state index < -0.39 is 16.4 Å². The summed E-state index contributed by atoms with van der Waals surface area (Å²) < 4.78 is 13.2. The summed E-state index contributed by atoms with van der Waals surface area (Å²) in [6, 6.07) is 6.27. The van der Waals surface area contributed by atoms with Crippen molar-refractivity contribution in [3.63, 3.8) is 0 Å². The van der Waals surface area contributed by atoms with Crippen molar-refractivity contribution >= 4 is 11.4 Å². The van der Waals surface area contributed by atoms with Gasteiger partial charge in [0, 0.05) is 18.2 Å². The Morgan fingerprint density at radius 1 is 1.38 bits per heavy atom. The largest absolute Gasteiger partial charge is 0.392 e. The van der Waals surface area contributed by atoms with Gasteiger partial charge in [-0.2, -0.15) is 0 Å². The maximum atomic E-state index is 13.2. The Morgan fingerprint density at radius 3 is 2.73 bits per heavy atom. The first-order valence-corrected chi connectivity index (χ1v) is 8.67. The highest BCUT2D eigenvalue weighted by Gasteiger charge is 2.42. The number of anilines is 1. The molecule has 1 saturated carbocycles. The maximum Gasteiger partial charge on any atom is 0.310 e. The van der Waals surface area contributed by atoms with E-state index in [1.54, 1.807) is 25.3 Å². The third kappa shape index (κ3) is 3.67. The van der Waals surface area contributed by atoms with Gasteiger partial charge in [0.05, 0.1) is 11.0 Å². The molecule has 3 rings (SSSR count). The minimum atomic E-state index is -0.513. The summed E-state index contributed by atoms with van der Waals surface area (Å²) in [5, 5.41) is 25.1. The minimum Gasteiger partial charge on any atom is -0.392 e. The van der Waals surface area contributed by atoms with Gasteiger partial charge < -0.3 is 10.4 Å². The molecule has 0 saturated heterocycles. The number of benzene rings is 1. The zero-order valence-electron chi connectivity index (χ0n) is 14.6. The zero-order chi connectivity index (χ0) is 18.7. The fraction of sp³-hybridized carbons (Fsp3) is 0.421. The minimum absolute atomic E-state index is 0.0746. The molecule has 2 N–H and O–H groups in total. The number of rotatable bonds is 6. The van der Waals surface area contributed by atoms with Gasteiger partial charge in [0.2, 0.25) is 0 Å². The van der Waals surface area contributed by atoms with Crippen LogP contribution in [0, 0.1) is 28.3 Å². The van der Waals surface area contributed by atoms with Crippen LogP contribution in [0.5, 0.6) is 0 Å². The Bertz CT molecular complexity index is 797. The second-order valence-electron chi connectivity index (χ2n) is 7.03. The molecule has 1 fully saturated rings. The van der Waals surface area contributed by atoms with Gasteiger partial charge in [-0.05, 0) is 49.4 Å². The monoisotopic (exact) mass is 359 g/mol. The topological polar surface area (TPSA) is 88.3 Å². The number of aryl methyl sites for hydroxylation is 1. The average Bonchev–Trinajstić information content (AvgIpc) is 2.96. The predicted octanol–water partition coefficient (Wildman–Crippen LogP) is 3.62. The number of nitro groups is 1. The number of halogens is 1. The van der Waals surface area contributed by atoms with E-state index in [1.165, 1.54) is 18.3 Å². The van der Waals surface area contributed by atoms with Crippen molar-refractivity contribution in [2.75, 3.05) is 11.9 Å². The Kier molecular flexibility index (Phi) is 5.18. The molecule has 7 heteroatoms. The summed E-state index contributed by atoms with van der Waals surface area (Å²) in [6.07, 6.45) is 5.26. The van der Waals surface area contributed by atoms with Gasteiger partial charge in [-0.15, -0.1) is 0 Å². The second-order valence-corrected chi connectivity index (χ2v) is 7.03. The van der Waals surface area contributed by atoms with Crippen LogP contribution in [0.15, 0.2) is 36.7 Å². The van der Waals surface area contributed by atoms with E-state index in [-0.39, 0.29) is 11.5 Å². The lowest BCUT2D eigenvalue weighted by atomic mass is 9.78. The number of nitrogens with zero attached hydrogens (tertiary/aromatic N) is 2. The van der Waals surface area contributed by atoms with Crippen LogP contribution in [0.3, 0.4) is 0 Å². The Labute approximate surface area is 151 Å². The zero-order valence-corrected chi connectivity index (χ0v) is 14.6. The number of hydrogen-bond acceptors (Lipinski definition) is 5. The quantitative estimate of drug-likeness (QED) is 0.607. The van der Waals surface area contributed by atoms with Crippen LogP contribution in [-0.2, 0) is 6.42 Å². The van der Waals surface area contributed by atoms with Crippen LogP contribution >= 0.6 is 0 Å². The molecular formula is C19H22FN3O3.